The lowest BCUT2D eigenvalue weighted by atomic mass is 10.0. The molecule has 0 spiro atoms. The van der Waals surface area contributed by atoms with Gasteiger partial charge < -0.3 is 5.32 Å². The number of allylic oxidation sites excluding steroid dienone is 1. The van der Waals surface area contributed by atoms with Crippen molar-refractivity contribution in [3.8, 4) is 0 Å². The first kappa shape index (κ1) is 18.7. The van der Waals surface area contributed by atoms with Crippen LogP contribution in [0, 0.1) is 0 Å². The molecule has 1 nitrogen and oxygen atoms in total. The van der Waals surface area contributed by atoms with Crippen molar-refractivity contribution in [1.82, 2.24) is 5.32 Å². The lowest BCUT2D eigenvalue weighted by Gasteiger charge is -2.18. The number of rotatable bonds is 15. The van der Waals surface area contributed by atoms with Gasteiger partial charge in [0.1, 0.15) is 0 Å². The molecule has 0 amide bonds. The zero-order valence-electron chi connectivity index (χ0n) is 13.6. The molecule has 0 fully saturated rings. The minimum atomic E-state index is 0.769. The Morgan fingerprint density at radius 1 is 0.842 bits per heavy atom. The van der Waals surface area contributed by atoms with E-state index < -0.39 is 0 Å². The van der Waals surface area contributed by atoms with Crippen LogP contribution in [-0.4, -0.2) is 12.6 Å². The highest BCUT2D eigenvalue weighted by atomic mass is 14.9. The van der Waals surface area contributed by atoms with E-state index in [2.05, 4.69) is 25.7 Å². The van der Waals surface area contributed by atoms with Crippen molar-refractivity contribution in [2.45, 2.75) is 96.9 Å². The number of hydrogen-bond donors (Lipinski definition) is 1. The van der Waals surface area contributed by atoms with Crippen molar-refractivity contribution in [3.63, 3.8) is 0 Å². The second-order valence-electron chi connectivity index (χ2n) is 5.78. The van der Waals surface area contributed by atoms with E-state index in [4.69, 9.17) is 0 Å². The monoisotopic (exact) mass is 267 g/mol. The van der Waals surface area contributed by atoms with Crippen LogP contribution >= 0.6 is 0 Å². The maximum absolute atomic E-state index is 3.79. The van der Waals surface area contributed by atoms with Crippen LogP contribution in [0.1, 0.15) is 90.9 Å². The maximum Gasteiger partial charge on any atom is 0.00670 e. The second-order valence-corrected chi connectivity index (χ2v) is 5.78. The average Bonchev–Trinajstić information content (AvgIpc) is 2.43. The average molecular weight is 268 g/mol. The minimum absolute atomic E-state index is 0.769. The zero-order chi connectivity index (χ0) is 14.2. The van der Waals surface area contributed by atoms with E-state index in [1.165, 1.54) is 83.6 Å². The largest absolute Gasteiger partial charge is 0.314 e. The first-order valence-electron chi connectivity index (χ1n) is 8.69. The summed E-state index contributed by atoms with van der Waals surface area (Å²) in [6.45, 7) is 9.52. The molecule has 0 aliphatic carbocycles. The van der Waals surface area contributed by atoms with Gasteiger partial charge in [-0.2, -0.15) is 0 Å². The lowest BCUT2D eigenvalue weighted by molar-refractivity contribution is 0.415. The quantitative estimate of drug-likeness (QED) is 0.290. The molecule has 0 aromatic rings. The first-order valence-corrected chi connectivity index (χ1v) is 8.69. The first-order chi connectivity index (χ1) is 9.35. The number of nitrogens with one attached hydrogen (secondary N) is 1. The molecule has 19 heavy (non-hydrogen) atoms. The SMILES string of the molecule is C=CCCCCCC(CCCCCCC)NCCC. The maximum atomic E-state index is 3.79. The Balaban J connectivity index is 3.59. The van der Waals surface area contributed by atoms with Crippen LogP contribution in [0.25, 0.3) is 0 Å². The molecule has 0 bridgehead atoms. The Morgan fingerprint density at radius 3 is 2.05 bits per heavy atom. The van der Waals surface area contributed by atoms with Gasteiger partial charge in [0.2, 0.25) is 0 Å². The van der Waals surface area contributed by atoms with Gasteiger partial charge in [-0.05, 0) is 38.6 Å². The fraction of sp³-hybridized carbons (Fsp3) is 0.889. The van der Waals surface area contributed by atoms with Gasteiger partial charge in [0.15, 0.2) is 0 Å². The third kappa shape index (κ3) is 13.9. The van der Waals surface area contributed by atoms with E-state index in [0.717, 1.165) is 6.04 Å². The van der Waals surface area contributed by atoms with Gasteiger partial charge in [0.05, 0.1) is 0 Å². The normalized spacial score (nSPS) is 12.5. The van der Waals surface area contributed by atoms with Crippen LogP contribution < -0.4 is 5.32 Å². The summed E-state index contributed by atoms with van der Waals surface area (Å²) >= 11 is 0. The van der Waals surface area contributed by atoms with Gasteiger partial charge in [0, 0.05) is 6.04 Å². The molecule has 1 unspecified atom stereocenters. The molecule has 0 aromatic heterocycles. The molecular formula is C18H37N. The van der Waals surface area contributed by atoms with E-state index in [-0.39, 0.29) is 0 Å². The fourth-order valence-corrected chi connectivity index (χ4v) is 2.55. The van der Waals surface area contributed by atoms with Gasteiger partial charge in [-0.25, -0.2) is 0 Å². The van der Waals surface area contributed by atoms with Crippen LogP contribution in [-0.2, 0) is 0 Å². The number of hydrogen-bond acceptors (Lipinski definition) is 1. The van der Waals surface area contributed by atoms with Gasteiger partial charge in [0.25, 0.3) is 0 Å². The highest BCUT2D eigenvalue weighted by Gasteiger charge is 2.06. The molecule has 0 saturated carbocycles. The Labute approximate surface area is 122 Å². The molecule has 114 valence electrons. The summed E-state index contributed by atoms with van der Waals surface area (Å²) in [5.41, 5.74) is 0. The third-order valence-electron chi connectivity index (χ3n) is 3.80. The molecule has 0 aliphatic rings. The summed E-state index contributed by atoms with van der Waals surface area (Å²) in [6.07, 6.45) is 18.3. The predicted molar refractivity (Wildman–Crippen MR) is 88.7 cm³/mol. The molecule has 0 saturated heterocycles. The molecule has 1 N–H and O–H groups in total. The Hall–Kier alpha value is -0.300. The summed E-state index contributed by atoms with van der Waals surface area (Å²) in [5.74, 6) is 0. The van der Waals surface area contributed by atoms with Crippen LogP contribution in [0.5, 0.6) is 0 Å². The fourth-order valence-electron chi connectivity index (χ4n) is 2.55. The molecule has 0 heterocycles. The minimum Gasteiger partial charge on any atom is -0.314 e. The highest BCUT2D eigenvalue weighted by Crippen LogP contribution is 2.13. The molecule has 0 rings (SSSR count). The molecular weight excluding hydrogens is 230 g/mol. The molecule has 0 aliphatic heterocycles. The lowest BCUT2D eigenvalue weighted by Crippen LogP contribution is -2.29. The Morgan fingerprint density at radius 2 is 1.47 bits per heavy atom. The van der Waals surface area contributed by atoms with Gasteiger partial charge >= 0.3 is 0 Å². The van der Waals surface area contributed by atoms with Crippen LogP contribution in [0.4, 0.5) is 0 Å². The van der Waals surface area contributed by atoms with E-state index in [1.807, 2.05) is 6.08 Å². The van der Waals surface area contributed by atoms with Crippen LogP contribution in [0.2, 0.25) is 0 Å². The third-order valence-corrected chi connectivity index (χ3v) is 3.80. The van der Waals surface area contributed by atoms with Crippen molar-refractivity contribution in [3.05, 3.63) is 12.7 Å². The molecule has 0 aromatic carbocycles. The summed E-state index contributed by atoms with van der Waals surface area (Å²) < 4.78 is 0. The van der Waals surface area contributed by atoms with Crippen molar-refractivity contribution < 1.29 is 0 Å². The highest BCUT2D eigenvalue weighted by molar-refractivity contribution is 4.69. The van der Waals surface area contributed by atoms with E-state index in [0.29, 0.717) is 0 Å². The van der Waals surface area contributed by atoms with Crippen molar-refractivity contribution in [2.75, 3.05) is 6.54 Å². The van der Waals surface area contributed by atoms with E-state index in [1.54, 1.807) is 0 Å². The van der Waals surface area contributed by atoms with Gasteiger partial charge in [-0.15, -0.1) is 6.58 Å². The van der Waals surface area contributed by atoms with Gasteiger partial charge in [-0.3, -0.25) is 0 Å². The van der Waals surface area contributed by atoms with Crippen LogP contribution in [0.3, 0.4) is 0 Å². The van der Waals surface area contributed by atoms with E-state index >= 15 is 0 Å². The van der Waals surface area contributed by atoms with Crippen LogP contribution in [0.15, 0.2) is 12.7 Å². The predicted octanol–water partition coefficient (Wildman–Crippen LogP) is 5.85. The van der Waals surface area contributed by atoms with Gasteiger partial charge in [-0.1, -0.05) is 64.9 Å². The topological polar surface area (TPSA) is 12.0 Å². The summed E-state index contributed by atoms with van der Waals surface area (Å²) in [5, 5.41) is 3.73. The zero-order valence-corrected chi connectivity index (χ0v) is 13.6. The molecule has 1 heteroatoms. The second kappa shape index (κ2) is 15.8. The molecule has 0 radical (unpaired) electrons. The summed E-state index contributed by atoms with van der Waals surface area (Å²) in [7, 11) is 0. The van der Waals surface area contributed by atoms with E-state index in [9.17, 15) is 0 Å². The van der Waals surface area contributed by atoms with Crippen molar-refractivity contribution >= 4 is 0 Å². The van der Waals surface area contributed by atoms with Crippen molar-refractivity contribution in [1.29, 1.82) is 0 Å². The standard InChI is InChI=1S/C18H37N/c1-4-7-9-11-13-15-18(19-17-6-3)16-14-12-10-8-5-2/h4,18-19H,1,5-17H2,2-3H3. The molecule has 1 atom stereocenters. The number of unbranched alkanes of at least 4 members (excludes halogenated alkanes) is 7. The Kier molecular flexibility index (Phi) is 15.5. The summed E-state index contributed by atoms with van der Waals surface area (Å²) in [6, 6.07) is 0.769. The summed E-state index contributed by atoms with van der Waals surface area (Å²) in [4.78, 5) is 0. The van der Waals surface area contributed by atoms with Crippen molar-refractivity contribution in [2.24, 2.45) is 0 Å². The smallest absolute Gasteiger partial charge is 0.00670 e. The Bertz CT molecular complexity index is 177.